The van der Waals surface area contributed by atoms with Crippen LogP contribution in [0.25, 0.3) is 93.2 Å². The molecule has 1 heteroatoms. The molecule has 10 aromatic rings. The Morgan fingerprint density at radius 3 is 1.14 bits per heavy atom. The van der Waals surface area contributed by atoms with Gasteiger partial charge in [-0.15, -0.1) is 0 Å². The van der Waals surface area contributed by atoms with Gasteiger partial charge in [0.1, 0.15) is 0 Å². The summed E-state index contributed by atoms with van der Waals surface area (Å²) in [7, 11) is 0. The number of nitrogens with zero attached hydrogens (tertiary/aromatic N) is 1. The van der Waals surface area contributed by atoms with E-state index in [9.17, 15) is 0 Å². The van der Waals surface area contributed by atoms with Crippen molar-refractivity contribution in [2.45, 2.75) is 52.4 Å². The molecule has 0 amide bonds. The Morgan fingerprint density at radius 1 is 0.316 bits per heavy atom. The summed E-state index contributed by atoms with van der Waals surface area (Å²) < 4.78 is 2.63. The maximum absolute atomic E-state index is 2.63. The molecule has 0 aliphatic carbocycles. The first-order valence-corrected chi connectivity index (χ1v) is 20.3. The van der Waals surface area contributed by atoms with Crippen molar-refractivity contribution >= 4 is 54.0 Å². The lowest BCUT2D eigenvalue weighted by atomic mass is 9.74. The standard InChI is InChI=1S/C56H47N/c1-55(2,3)51-41-30-18-19-31-42(41)52(56(4,5)6)46-35-48-47(34-45(46)51)50(37-24-12-8-13-25-37)53(38-26-14-9-15-27-38)57(48)54-43-32-20-16-28-39(43)49(36-22-10-7-11-23-36)40-29-17-21-33-44(40)54/h7-35H,1-6H3. The zero-order chi connectivity index (χ0) is 39.1. The lowest BCUT2D eigenvalue weighted by Gasteiger charge is -2.30. The summed E-state index contributed by atoms with van der Waals surface area (Å²) in [6.45, 7) is 14.3. The Hall–Kier alpha value is -6.44. The van der Waals surface area contributed by atoms with Crippen LogP contribution in [0.1, 0.15) is 52.7 Å². The fraction of sp³-hybridized carbons (Fsp3) is 0.143. The van der Waals surface area contributed by atoms with E-state index in [2.05, 4.69) is 222 Å². The van der Waals surface area contributed by atoms with Crippen molar-refractivity contribution in [2.75, 3.05) is 0 Å². The molecule has 0 saturated carbocycles. The van der Waals surface area contributed by atoms with Crippen molar-refractivity contribution in [3.63, 3.8) is 0 Å². The van der Waals surface area contributed by atoms with Gasteiger partial charge in [-0.25, -0.2) is 0 Å². The van der Waals surface area contributed by atoms with Gasteiger partial charge in [0.2, 0.25) is 0 Å². The fourth-order valence-corrected chi connectivity index (χ4v) is 9.83. The first-order valence-electron chi connectivity index (χ1n) is 20.3. The highest BCUT2D eigenvalue weighted by Crippen LogP contribution is 2.51. The third-order valence-electron chi connectivity index (χ3n) is 11.9. The maximum atomic E-state index is 2.63. The van der Waals surface area contributed by atoms with E-state index in [4.69, 9.17) is 0 Å². The molecule has 1 nitrogen and oxygen atoms in total. The third-order valence-corrected chi connectivity index (χ3v) is 11.9. The van der Waals surface area contributed by atoms with Crippen molar-refractivity contribution in [2.24, 2.45) is 0 Å². The maximum Gasteiger partial charge on any atom is 0.0619 e. The van der Waals surface area contributed by atoms with Crippen LogP contribution in [-0.2, 0) is 10.8 Å². The smallest absolute Gasteiger partial charge is 0.0619 e. The van der Waals surface area contributed by atoms with Crippen molar-refractivity contribution < 1.29 is 0 Å². The van der Waals surface area contributed by atoms with E-state index in [1.807, 2.05) is 0 Å². The molecule has 57 heavy (non-hydrogen) atoms. The van der Waals surface area contributed by atoms with Crippen LogP contribution in [0.2, 0.25) is 0 Å². The molecule has 0 spiro atoms. The van der Waals surface area contributed by atoms with Crippen molar-refractivity contribution in [3.8, 4) is 39.2 Å². The molecule has 10 rings (SSSR count). The van der Waals surface area contributed by atoms with Crippen LogP contribution < -0.4 is 0 Å². The molecule has 0 aliphatic heterocycles. The van der Waals surface area contributed by atoms with E-state index in [0.717, 1.165) is 0 Å². The molecule has 0 saturated heterocycles. The molecule has 0 bridgehead atoms. The Labute approximate surface area is 335 Å². The van der Waals surface area contributed by atoms with E-state index in [1.54, 1.807) is 0 Å². The van der Waals surface area contributed by atoms with Crippen molar-refractivity contribution in [3.05, 3.63) is 187 Å². The summed E-state index contributed by atoms with van der Waals surface area (Å²) in [6.07, 6.45) is 0. The highest BCUT2D eigenvalue weighted by molar-refractivity contribution is 6.21. The summed E-state index contributed by atoms with van der Waals surface area (Å²) in [5.74, 6) is 0. The third kappa shape index (κ3) is 5.52. The summed E-state index contributed by atoms with van der Waals surface area (Å²) in [6, 6.07) is 65.4. The largest absolute Gasteiger partial charge is 0.307 e. The molecule has 1 heterocycles. The number of rotatable bonds is 4. The van der Waals surface area contributed by atoms with Crippen molar-refractivity contribution in [1.29, 1.82) is 0 Å². The molecule has 9 aromatic carbocycles. The number of fused-ring (bicyclic) bond motifs is 5. The predicted molar refractivity (Wildman–Crippen MR) is 247 cm³/mol. The van der Waals surface area contributed by atoms with Gasteiger partial charge in [-0.05, 0) is 88.7 Å². The molecule has 0 atom stereocenters. The molecule has 0 fully saturated rings. The predicted octanol–water partition coefficient (Wildman–Crippen LogP) is 15.8. The number of aromatic nitrogens is 1. The van der Waals surface area contributed by atoms with Gasteiger partial charge < -0.3 is 4.57 Å². The Bertz CT molecular complexity index is 3100. The summed E-state index contributed by atoms with van der Waals surface area (Å²) >= 11 is 0. The second-order valence-corrected chi connectivity index (χ2v) is 17.7. The fourth-order valence-electron chi connectivity index (χ4n) is 9.83. The Morgan fingerprint density at radius 2 is 0.684 bits per heavy atom. The van der Waals surface area contributed by atoms with Gasteiger partial charge in [-0.3, -0.25) is 0 Å². The lowest BCUT2D eigenvalue weighted by molar-refractivity contribution is 0.593. The summed E-state index contributed by atoms with van der Waals surface area (Å²) in [5, 5.41) is 11.6. The van der Waals surface area contributed by atoms with Gasteiger partial charge in [0, 0.05) is 21.7 Å². The zero-order valence-electron chi connectivity index (χ0n) is 33.7. The van der Waals surface area contributed by atoms with Crippen LogP contribution in [0, 0.1) is 0 Å². The minimum absolute atomic E-state index is 0.0979. The number of hydrogen-bond donors (Lipinski definition) is 0. The minimum Gasteiger partial charge on any atom is -0.307 e. The first-order chi connectivity index (χ1) is 27.6. The van der Waals surface area contributed by atoms with Gasteiger partial charge in [-0.1, -0.05) is 205 Å². The molecule has 1 aromatic heterocycles. The molecular weight excluding hydrogens is 687 g/mol. The van der Waals surface area contributed by atoms with Crippen molar-refractivity contribution in [1.82, 2.24) is 4.57 Å². The molecule has 0 N–H and O–H groups in total. The highest BCUT2D eigenvalue weighted by Gasteiger charge is 2.31. The van der Waals surface area contributed by atoms with E-state index in [0.29, 0.717) is 0 Å². The van der Waals surface area contributed by atoms with E-state index in [-0.39, 0.29) is 10.8 Å². The molecular formula is C56H47N. The quantitative estimate of drug-likeness (QED) is 0.159. The molecule has 0 radical (unpaired) electrons. The van der Waals surface area contributed by atoms with Gasteiger partial charge in [-0.2, -0.15) is 0 Å². The van der Waals surface area contributed by atoms with Crippen LogP contribution in [0.5, 0.6) is 0 Å². The monoisotopic (exact) mass is 733 g/mol. The Kier molecular flexibility index (Phi) is 8.03. The zero-order valence-corrected chi connectivity index (χ0v) is 33.7. The molecule has 276 valence electrons. The highest BCUT2D eigenvalue weighted by atomic mass is 15.0. The second-order valence-electron chi connectivity index (χ2n) is 17.7. The van der Waals surface area contributed by atoms with Gasteiger partial charge in [0.25, 0.3) is 0 Å². The summed E-state index contributed by atoms with van der Waals surface area (Å²) in [4.78, 5) is 0. The molecule has 0 unspecified atom stereocenters. The topological polar surface area (TPSA) is 4.93 Å². The van der Waals surface area contributed by atoms with Crippen LogP contribution >= 0.6 is 0 Å². The van der Waals surface area contributed by atoms with E-state index in [1.165, 1.54) is 104 Å². The average molecular weight is 734 g/mol. The lowest BCUT2D eigenvalue weighted by Crippen LogP contribution is -2.17. The number of benzene rings is 9. The SMILES string of the molecule is CC(C)(C)c1c2ccccc2c(C(C)(C)C)c2cc3c(cc12)c(-c1ccccc1)c(-c1ccccc1)n3-c1c2ccccc2c(-c2ccccc2)c2ccccc12. The first kappa shape index (κ1) is 35.0. The minimum atomic E-state index is -0.111. The van der Waals surface area contributed by atoms with E-state index < -0.39 is 0 Å². The summed E-state index contributed by atoms with van der Waals surface area (Å²) in [5.41, 5.74) is 12.4. The average Bonchev–Trinajstić information content (AvgIpc) is 3.54. The molecule has 0 aliphatic rings. The van der Waals surface area contributed by atoms with Crippen LogP contribution in [0.4, 0.5) is 0 Å². The van der Waals surface area contributed by atoms with Gasteiger partial charge in [0.15, 0.2) is 0 Å². The van der Waals surface area contributed by atoms with Crippen LogP contribution in [0.3, 0.4) is 0 Å². The van der Waals surface area contributed by atoms with Crippen LogP contribution in [-0.4, -0.2) is 4.57 Å². The normalized spacial score (nSPS) is 12.4. The van der Waals surface area contributed by atoms with Crippen LogP contribution in [0.15, 0.2) is 176 Å². The van der Waals surface area contributed by atoms with E-state index >= 15 is 0 Å². The second kappa shape index (κ2) is 13.1. The van der Waals surface area contributed by atoms with Gasteiger partial charge >= 0.3 is 0 Å². The van der Waals surface area contributed by atoms with Gasteiger partial charge in [0.05, 0.1) is 16.9 Å². The number of hydrogen-bond acceptors (Lipinski definition) is 0. The Balaban J connectivity index is 1.51.